The molecular weight excluding hydrogens is 180 g/mol. The maximum absolute atomic E-state index is 12.9. The first kappa shape index (κ1) is 10.4. The minimum Gasteiger partial charge on any atom is -0.469 e. The number of nitrogens with two attached hydrogens (primary N) is 1. The van der Waals surface area contributed by atoms with Crippen molar-refractivity contribution >= 4 is 5.97 Å². The van der Waals surface area contributed by atoms with Gasteiger partial charge in [0.1, 0.15) is 0 Å². The summed E-state index contributed by atoms with van der Waals surface area (Å²) in [6.45, 7) is 0. The molecule has 0 aromatic rings. The van der Waals surface area contributed by atoms with Crippen LogP contribution in [0.5, 0.6) is 0 Å². The highest BCUT2D eigenvalue weighted by Crippen LogP contribution is 2.36. The third-order valence-electron chi connectivity index (χ3n) is 2.23. The van der Waals surface area contributed by atoms with Crippen molar-refractivity contribution in [2.45, 2.75) is 31.2 Å². The number of hydrogen-bond acceptors (Lipinski definition) is 3. The first-order valence-electron chi connectivity index (χ1n) is 4.16. The molecular formula is C8H13F2NO2. The van der Waals surface area contributed by atoms with Crippen molar-refractivity contribution in [3.8, 4) is 0 Å². The lowest BCUT2D eigenvalue weighted by Gasteiger charge is -2.31. The van der Waals surface area contributed by atoms with Crippen LogP contribution in [0.4, 0.5) is 8.78 Å². The van der Waals surface area contributed by atoms with Gasteiger partial charge in [-0.1, -0.05) is 0 Å². The van der Waals surface area contributed by atoms with Crippen LogP contribution in [0.2, 0.25) is 0 Å². The fourth-order valence-electron chi connectivity index (χ4n) is 1.71. The van der Waals surface area contributed by atoms with Crippen molar-refractivity contribution in [1.29, 1.82) is 0 Å². The summed E-state index contributed by atoms with van der Waals surface area (Å²) in [6.07, 6.45) is -0.476. The normalized spacial score (nSPS) is 32.6. The minimum absolute atomic E-state index is 0.294. The summed E-state index contributed by atoms with van der Waals surface area (Å²) in [4.78, 5) is 11.0. The van der Waals surface area contributed by atoms with Gasteiger partial charge in [-0.05, 0) is 6.42 Å². The molecule has 5 heteroatoms. The Labute approximate surface area is 75.2 Å². The monoisotopic (exact) mass is 193 g/mol. The van der Waals surface area contributed by atoms with Gasteiger partial charge in [0.25, 0.3) is 5.92 Å². The maximum Gasteiger partial charge on any atom is 0.308 e. The molecule has 0 radical (unpaired) electrons. The Morgan fingerprint density at radius 2 is 2.15 bits per heavy atom. The van der Waals surface area contributed by atoms with Crippen LogP contribution >= 0.6 is 0 Å². The summed E-state index contributed by atoms with van der Waals surface area (Å²) >= 11 is 0. The van der Waals surface area contributed by atoms with Crippen LogP contribution in [0.15, 0.2) is 0 Å². The molecule has 0 bridgehead atoms. The molecule has 0 aromatic heterocycles. The van der Waals surface area contributed by atoms with Gasteiger partial charge in [0.05, 0.1) is 13.0 Å². The Morgan fingerprint density at radius 3 is 2.62 bits per heavy atom. The number of carbonyl (C=O) groups excluding carboxylic acids is 1. The van der Waals surface area contributed by atoms with E-state index in [9.17, 15) is 13.6 Å². The average molecular weight is 193 g/mol. The average Bonchev–Trinajstić information content (AvgIpc) is 1.99. The number of hydrogen-bond donors (Lipinski definition) is 1. The highest BCUT2D eigenvalue weighted by molar-refractivity contribution is 5.72. The predicted octanol–water partition coefficient (Wildman–Crippen LogP) is 0.922. The van der Waals surface area contributed by atoms with Crippen LogP contribution in [-0.4, -0.2) is 25.0 Å². The second-order valence-electron chi connectivity index (χ2n) is 3.48. The Hall–Kier alpha value is -0.710. The molecule has 13 heavy (non-hydrogen) atoms. The predicted molar refractivity (Wildman–Crippen MR) is 42.3 cm³/mol. The molecule has 0 heterocycles. The van der Waals surface area contributed by atoms with Gasteiger partial charge in [0.15, 0.2) is 0 Å². The second kappa shape index (κ2) is 3.57. The molecule has 2 atom stereocenters. The van der Waals surface area contributed by atoms with Crippen molar-refractivity contribution < 1.29 is 18.3 Å². The smallest absolute Gasteiger partial charge is 0.308 e. The fourth-order valence-corrected chi connectivity index (χ4v) is 1.71. The van der Waals surface area contributed by atoms with Gasteiger partial charge in [0, 0.05) is 18.9 Å². The number of ether oxygens (including phenoxy) is 1. The van der Waals surface area contributed by atoms with E-state index < -0.39 is 30.3 Å². The van der Waals surface area contributed by atoms with Crippen LogP contribution < -0.4 is 5.73 Å². The van der Waals surface area contributed by atoms with Crippen LogP contribution in [0.1, 0.15) is 19.3 Å². The van der Waals surface area contributed by atoms with Crippen molar-refractivity contribution in [3.05, 3.63) is 0 Å². The van der Waals surface area contributed by atoms with Gasteiger partial charge in [-0.15, -0.1) is 0 Å². The van der Waals surface area contributed by atoms with Gasteiger partial charge in [0.2, 0.25) is 0 Å². The lowest BCUT2D eigenvalue weighted by molar-refractivity contribution is -0.153. The van der Waals surface area contributed by atoms with Crippen molar-refractivity contribution in [2.24, 2.45) is 11.7 Å². The lowest BCUT2D eigenvalue weighted by Crippen LogP contribution is -2.42. The Kier molecular flexibility index (Phi) is 2.85. The zero-order valence-corrected chi connectivity index (χ0v) is 7.43. The Balaban J connectivity index is 2.62. The SMILES string of the molecule is COC(=O)[C@@H]1C[C@H](N)CC(F)(F)C1. The van der Waals surface area contributed by atoms with E-state index >= 15 is 0 Å². The molecule has 2 N–H and O–H groups in total. The van der Waals surface area contributed by atoms with Crippen LogP contribution in [0.25, 0.3) is 0 Å². The molecule has 0 spiro atoms. The van der Waals surface area contributed by atoms with Gasteiger partial charge >= 0.3 is 5.97 Å². The quantitative estimate of drug-likeness (QED) is 0.630. The van der Waals surface area contributed by atoms with E-state index in [1.807, 2.05) is 0 Å². The van der Waals surface area contributed by atoms with E-state index in [1.165, 1.54) is 7.11 Å². The lowest BCUT2D eigenvalue weighted by atomic mass is 9.83. The molecule has 0 aromatic carbocycles. The number of methoxy groups -OCH3 is 1. The van der Waals surface area contributed by atoms with E-state index in [1.54, 1.807) is 0 Å². The fraction of sp³-hybridized carbons (Fsp3) is 0.875. The summed E-state index contributed by atoms with van der Waals surface area (Å²) < 4.78 is 30.2. The van der Waals surface area contributed by atoms with Crippen LogP contribution in [-0.2, 0) is 9.53 Å². The number of alkyl halides is 2. The first-order chi connectivity index (χ1) is 5.94. The molecule has 1 fully saturated rings. The van der Waals surface area contributed by atoms with E-state index in [0.717, 1.165) is 0 Å². The molecule has 1 saturated carbocycles. The topological polar surface area (TPSA) is 52.3 Å². The van der Waals surface area contributed by atoms with E-state index in [0.29, 0.717) is 6.42 Å². The number of halogens is 2. The van der Waals surface area contributed by atoms with Gasteiger partial charge in [-0.25, -0.2) is 8.78 Å². The van der Waals surface area contributed by atoms with Crippen molar-refractivity contribution in [1.82, 2.24) is 0 Å². The summed E-state index contributed by atoms with van der Waals surface area (Å²) in [7, 11) is 1.20. The second-order valence-corrected chi connectivity index (χ2v) is 3.48. The summed E-state index contributed by atoms with van der Waals surface area (Å²) in [5.41, 5.74) is 5.41. The molecule has 0 amide bonds. The highest BCUT2D eigenvalue weighted by Gasteiger charge is 2.43. The molecule has 3 nitrogen and oxygen atoms in total. The van der Waals surface area contributed by atoms with Gasteiger partial charge < -0.3 is 10.5 Å². The van der Waals surface area contributed by atoms with E-state index in [4.69, 9.17) is 5.73 Å². The third kappa shape index (κ3) is 2.62. The minimum atomic E-state index is -2.82. The zero-order valence-electron chi connectivity index (χ0n) is 7.43. The maximum atomic E-state index is 12.9. The number of rotatable bonds is 1. The number of esters is 1. The highest BCUT2D eigenvalue weighted by atomic mass is 19.3. The molecule has 1 aliphatic rings. The first-order valence-corrected chi connectivity index (χ1v) is 4.16. The van der Waals surface area contributed by atoms with E-state index in [-0.39, 0.29) is 6.42 Å². The van der Waals surface area contributed by atoms with Crippen LogP contribution in [0, 0.1) is 5.92 Å². The third-order valence-corrected chi connectivity index (χ3v) is 2.23. The molecule has 1 rings (SSSR count). The van der Waals surface area contributed by atoms with Crippen molar-refractivity contribution in [3.63, 3.8) is 0 Å². The number of carbonyl (C=O) groups is 1. The van der Waals surface area contributed by atoms with E-state index in [2.05, 4.69) is 4.74 Å². The standard InChI is InChI=1S/C8H13F2NO2/c1-13-7(12)5-2-6(11)4-8(9,10)3-5/h5-6H,2-4,11H2,1H3/t5-,6+/m1/s1. The largest absolute Gasteiger partial charge is 0.469 e. The Bertz CT molecular complexity index is 208. The summed E-state index contributed by atoms with van der Waals surface area (Å²) in [5.74, 6) is -4.16. The van der Waals surface area contributed by atoms with Gasteiger partial charge in [-0.2, -0.15) is 0 Å². The Morgan fingerprint density at radius 1 is 1.54 bits per heavy atom. The molecule has 76 valence electrons. The molecule has 0 aliphatic heterocycles. The zero-order chi connectivity index (χ0) is 10.1. The summed E-state index contributed by atoms with van der Waals surface area (Å²) in [6, 6.07) is -0.604. The van der Waals surface area contributed by atoms with Gasteiger partial charge in [-0.3, -0.25) is 4.79 Å². The van der Waals surface area contributed by atoms with Crippen LogP contribution in [0.3, 0.4) is 0 Å². The molecule has 0 unspecified atom stereocenters. The van der Waals surface area contributed by atoms with Crippen molar-refractivity contribution in [2.75, 3.05) is 7.11 Å². The summed E-state index contributed by atoms with van der Waals surface area (Å²) in [5, 5.41) is 0. The molecule has 1 aliphatic carbocycles. The molecule has 0 saturated heterocycles.